The van der Waals surface area contributed by atoms with Gasteiger partial charge >= 0.3 is 0 Å². The van der Waals surface area contributed by atoms with Gasteiger partial charge in [0, 0.05) is 6.54 Å². The normalized spacial score (nSPS) is 10.9. The Hall–Kier alpha value is -1.36. The average Bonchev–Trinajstić information content (AvgIpc) is 2.73. The molecule has 0 N–H and O–H groups in total. The molecule has 1 aromatic heterocycles. The Balaban J connectivity index is 1.89. The maximum absolute atomic E-state index is 4.58. The Morgan fingerprint density at radius 1 is 0.944 bits per heavy atom. The summed E-state index contributed by atoms with van der Waals surface area (Å²) < 4.78 is 3.34. The number of aromatic nitrogens is 2. The minimum Gasteiger partial charge on any atom is -0.319 e. The van der Waals surface area contributed by atoms with E-state index in [-0.39, 0.29) is 0 Å². The van der Waals surface area contributed by atoms with Crippen LogP contribution < -0.4 is 0 Å². The molecule has 0 radical (unpaired) electrons. The zero-order valence-electron chi connectivity index (χ0n) is 9.88. The zero-order chi connectivity index (χ0) is 12.4. The number of fused-ring (bicyclic) bond motifs is 1. The molecule has 0 saturated carbocycles. The molecule has 1 heterocycles. The van der Waals surface area contributed by atoms with Crippen molar-refractivity contribution in [2.75, 3.05) is 0 Å². The lowest BCUT2D eigenvalue weighted by molar-refractivity contribution is 0.698. The Labute approximate surface area is 120 Å². The number of hydrogen-bond acceptors (Lipinski definition) is 1. The largest absolute Gasteiger partial charge is 0.319 e. The molecule has 3 rings (SSSR count). The van der Waals surface area contributed by atoms with Crippen molar-refractivity contribution >= 4 is 33.6 Å². The van der Waals surface area contributed by atoms with Crippen LogP contribution in [0.2, 0.25) is 0 Å². The number of aryl methyl sites for hydroxylation is 2. The van der Waals surface area contributed by atoms with Crippen LogP contribution in [0, 0.1) is 3.83 Å². The first-order chi connectivity index (χ1) is 8.84. The van der Waals surface area contributed by atoms with Crippen LogP contribution in [-0.2, 0) is 13.0 Å². The monoisotopic (exact) mass is 348 g/mol. The first-order valence-electron chi connectivity index (χ1n) is 5.99. The van der Waals surface area contributed by atoms with Crippen molar-refractivity contribution in [2.24, 2.45) is 0 Å². The molecule has 0 bridgehead atoms. The summed E-state index contributed by atoms with van der Waals surface area (Å²) in [6, 6.07) is 18.9. The topological polar surface area (TPSA) is 17.8 Å². The predicted molar refractivity (Wildman–Crippen MR) is 82.6 cm³/mol. The highest BCUT2D eigenvalue weighted by Crippen LogP contribution is 2.18. The van der Waals surface area contributed by atoms with Crippen molar-refractivity contribution in [2.45, 2.75) is 13.0 Å². The van der Waals surface area contributed by atoms with Gasteiger partial charge in [-0.2, -0.15) is 0 Å². The summed E-state index contributed by atoms with van der Waals surface area (Å²) in [6.07, 6.45) is 1.04. The Morgan fingerprint density at radius 2 is 1.67 bits per heavy atom. The van der Waals surface area contributed by atoms with Gasteiger partial charge in [-0.3, -0.25) is 0 Å². The second-order valence-electron chi connectivity index (χ2n) is 4.26. The molecule has 0 unspecified atom stereocenters. The summed E-state index contributed by atoms with van der Waals surface area (Å²) in [6.45, 7) is 0.975. The van der Waals surface area contributed by atoms with E-state index in [0.29, 0.717) is 0 Å². The van der Waals surface area contributed by atoms with Crippen LogP contribution in [0.1, 0.15) is 5.56 Å². The third-order valence-corrected chi connectivity index (χ3v) is 3.90. The molecule has 3 aromatic rings. The lowest BCUT2D eigenvalue weighted by Crippen LogP contribution is -2.03. The molecule has 0 fully saturated rings. The number of imidazole rings is 1. The van der Waals surface area contributed by atoms with E-state index in [4.69, 9.17) is 0 Å². The van der Waals surface area contributed by atoms with E-state index in [0.717, 1.165) is 22.3 Å². The fraction of sp³-hybridized carbons (Fsp3) is 0.133. The van der Waals surface area contributed by atoms with E-state index in [9.17, 15) is 0 Å². The van der Waals surface area contributed by atoms with Crippen molar-refractivity contribution in [1.82, 2.24) is 9.55 Å². The third kappa shape index (κ3) is 2.27. The highest BCUT2D eigenvalue weighted by atomic mass is 127. The molecule has 0 amide bonds. The summed E-state index contributed by atoms with van der Waals surface area (Å²) in [7, 11) is 0. The van der Waals surface area contributed by atoms with Crippen LogP contribution >= 0.6 is 22.6 Å². The molecule has 0 aliphatic rings. The van der Waals surface area contributed by atoms with Crippen molar-refractivity contribution in [3.8, 4) is 0 Å². The van der Waals surface area contributed by atoms with E-state index in [1.165, 1.54) is 11.1 Å². The van der Waals surface area contributed by atoms with Crippen molar-refractivity contribution in [3.63, 3.8) is 0 Å². The first kappa shape index (κ1) is 11.7. The molecular weight excluding hydrogens is 335 g/mol. The van der Waals surface area contributed by atoms with Gasteiger partial charge in [-0.15, -0.1) is 0 Å². The lowest BCUT2D eigenvalue weighted by Gasteiger charge is -2.06. The second-order valence-corrected chi connectivity index (χ2v) is 5.22. The number of para-hydroxylation sites is 2. The Bertz CT molecular complexity index is 659. The van der Waals surface area contributed by atoms with Gasteiger partial charge in [0.2, 0.25) is 0 Å². The standard InChI is InChI=1S/C15H13IN2/c16-15-17-13-8-4-5-9-14(13)18(15)11-10-12-6-2-1-3-7-12/h1-9H,10-11H2. The molecule has 0 atom stereocenters. The molecule has 0 aliphatic carbocycles. The van der Waals surface area contributed by atoms with Gasteiger partial charge in [-0.1, -0.05) is 42.5 Å². The molecular formula is C15H13IN2. The smallest absolute Gasteiger partial charge is 0.172 e. The van der Waals surface area contributed by atoms with Crippen LogP contribution in [0.25, 0.3) is 11.0 Å². The molecule has 90 valence electrons. The fourth-order valence-electron chi connectivity index (χ4n) is 2.14. The van der Waals surface area contributed by atoms with Gasteiger partial charge in [0.25, 0.3) is 0 Å². The molecule has 3 heteroatoms. The summed E-state index contributed by atoms with van der Waals surface area (Å²) in [5.74, 6) is 0. The van der Waals surface area contributed by atoms with Gasteiger partial charge in [0.15, 0.2) is 3.83 Å². The highest BCUT2D eigenvalue weighted by molar-refractivity contribution is 14.1. The van der Waals surface area contributed by atoms with Crippen LogP contribution in [-0.4, -0.2) is 9.55 Å². The van der Waals surface area contributed by atoms with E-state index in [2.05, 4.69) is 80.7 Å². The molecule has 0 spiro atoms. The maximum Gasteiger partial charge on any atom is 0.172 e. The molecule has 18 heavy (non-hydrogen) atoms. The van der Waals surface area contributed by atoms with Gasteiger partial charge in [0.1, 0.15) is 0 Å². The minimum absolute atomic E-state index is 0.975. The van der Waals surface area contributed by atoms with Crippen molar-refractivity contribution < 1.29 is 0 Å². The molecule has 0 aliphatic heterocycles. The van der Waals surface area contributed by atoms with Crippen molar-refractivity contribution in [1.29, 1.82) is 0 Å². The van der Waals surface area contributed by atoms with Crippen molar-refractivity contribution in [3.05, 3.63) is 64.0 Å². The summed E-state index contributed by atoms with van der Waals surface area (Å²) in [4.78, 5) is 4.58. The summed E-state index contributed by atoms with van der Waals surface area (Å²) >= 11 is 2.31. The van der Waals surface area contributed by atoms with E-state index in [1.54, 1.807) is 0 Å². The molecule has 2 nitrogen and oxygen atoms in total. The predicted octanol–water partition coefficient (Wildman–Crippen LogP) is 3.88. The third-order valence-electron chi connectivity index (χ3n) is 3.07. The second kappa shape index (κ2) is 5.10. The van der Waals surface area contributed by atoms with Gasteiger partial charge in [0.05, 0.1) is 11.0 Å². The number of hydrogen-bond donors (Lipinski definition) is 0. The van der Waals surface area contributed by atoms with Crippen LogP contribution in [0.5, 0.6) is 0 Å². The lowest BCUT2D eigenvalue weighted by atomic mass is 10.1. The molecule has 2 aromatic carbocycles. The molecule has 0 saturated heterocycles. The number of rotatable bonds is 3. The Morgan fingerprint density at radius 3 is 2.50 bits per heavy atom. The van der Waals surface area contributed by atoms with Crippen LogP contribution in [0.4, 0.5) is 0 Å². The van der Waals surface area contributed by atoms with Gasteiger partial charge < -0.3 is 4.57 Å². The maximum atomic E-state index is 4.58. The number of nitrogens with zero attached hydrogens (tertiary/aromatic N) is 2. The average molecular weight is 348 g/mol. The highest BCUT2D eigenvalue weighted by Gasteiger charge is 2.07. The Kier molecular flexibility index (Phi) is 3.32. The van der Waals surface area contributed by atoms with Crippen LogP contribution in [0.3, 0.4) is 0 Å². The van der Waals surface area contributed by atoms with E-state index in [1.807, 2.05) is 6.07 Å². The number of halogens is 1. The fourth-order valence-corrected chi connectivity index (χ4v) is 2.91. The number of benzene rings is 2. The SMILES string of the molecule is Ic1nc2ccccc2n1CCc1ccccc1. The van der Waals surface area contributed by atoms with Gasteiger partial charge in [-0.05, 0) is 46.7 Å². The van der Waals surface area contributed by atoms with Gasteiger partial charge in [-0.25, -0.2) is 4.98 Å². The quantitative estimate of drug-likeness (QED) is 0.657. The van der Waals surface area contributed by atoms with Crippen LogP contribution in [0.15, 0.2) is 54.6 Å². The first-order valence-corrected chi connectivity index (χ1v) is 7.07. The van der Waals surface area contributed by atoms with E-state index >= 15 is 0 Å². The minimum atomic E-state index is 0.975. The summed E-state index contributed by atoms with van der Waals surface area (Å²) in [5.41, 5.74) is 3.67. The van der Waals surface area contributed by atoms with E-state index < -0.39 is 0 Å². The summed E-state index contributed by atoms with van der Waals surface area (Å²) in [5, 5.41) is 0. The zero-order valence-corrected chi connectivity index (χ0v) is 12.0.